The molecular formula is C18H24N2. The molecule has 106 valence electrons. The zero-order valence-corrected chi connectivity index (χ0v) is 12.6. The van der Waals surface area contributed by atoms with E-state index in [0.717, 1.165) is 12.8 Å². The minimum atomic E-state index is 0.398. The fourth-order valence-electron chi connectivity index (χ4n) is 2.45. The van der Waals surface area contributed by atoms with Crippen molar-refractivity contribution < 1.29 is 0 Å². The van der Waals surface area contributed by atoms with Crippen LogP contribution in [0, 0.1) is 0 Å². The second-order valence-electron chi connectivity index (χ2n) is 5.35. The molecule has 0 fully saturated rings. The summed E-state index contributed by atoms with van der Waals surface area (Å²) < 4.78 is 0. The van der Waals surface area contributed by atoms with Crippen molar-refractivity contribution >= 4 is 5.69 Å². The Morgan fingerprint density at radius 3 is 2.40 bits per heavy atom. The van der Waals surface area contributed by atoms with Crippen molar-refractivity contribution in [3.63, 3.8) is 0 Å². The Hall–Kier alpha value is -1.80. The lowest BCUT2D eigenvalue weighted by molar-refractivity contribution is 0.549. The van der Waals surface area contributed by atoms with Gasteiger partial charge in [-0.15, -0.1) is 0 Å². The van der Waals surface area contributed by atoms with Crippen LogP contribution < -0.4 is 10.2 Å². The van der Waals surface area contributed by atoms with Crippen LogP contribution in [-0.4, -0.2) is 21.1 Å². The Morgan fingerprint density at radius 1 is 1.00 bits per heavy atom. The van der Waals surface area contributed by atoms with Gasteiger partial charge in [0.15, 0.2) is 0 Å². The number of hydrogen-bond donors (Lipinski definition) is 1. The van der Waals surface area contributed by atoms with E-state index in [1.807, 2.05) is 7.05 Å². The van der Waals surface area contributed by atoms with Crippen molar-refractivity contribution in [3.05, 3.63) is 65.7 Å². The largest absolute Gasteiger partial charge is 0.378 e. The highest BCUT2D eigenvalue weighted by Gasteiger charge is 2.10. The summed E-state index contributed by atoms with van der Waals surface area (Å²) in [6, 6.07) is 19.8. The quantitative estimate of drug-likeness (QED) is 0.860. The van der Waals surface area contributed by atoms with Gasteiger partial charge in [0.1, 0.15) is 0 Å². The Labute approximate surface area is 122 Å². The monoisotopic (exact) mass is 268 g/mol. The maximum atomic E-state index is 3.44. The molecular weight excluding hydrogens is 244 g/mol. The Morgan fingerprint density at radius 2 is 1.75 bits per heavy atom. The molecule has 0 aliphatic carbocycles. The minimum absolute atomic E-state index is 0.398. The molecule has 2 aromatic rings. The Balaban J connectivity index is 2.06. The highest BCUT2D eigenvalue weighted by Crippen LogP contribution is 2.23. The zero-order valence-electron chi connectivity index (χ0n) is 12.6. The summed E-state index contributed by atoms with van der Waals surface area (Å²) in [7, 11) is 6.20. The van der Waals surface area contributed by atoms with E-state index in [1.54, 1.807) is 0 Å². The summed E-state index contributed by atoms with van der Waals surface area (Å²) in [5.74, 6) is 0. The SMILES string of the molecule is CNC(CCc1ccccc1)c1cccc(N(C)C)c1. The molecule has 0 saturated carbocycles. The van der Waals surface area contributed by atoms with Crippen molar-refractivity contribution in [3.8, 4) is 0 Å². The van der Waals surface area contributed by atoms with Gasteiger partial charge in [-0.25, -0.2) is 0 Å². The lowest BCUT2D eigenvalue weighted by Gasteiger charge is -2.20. The molecule has 2 heteroatoms. The fraction of sp³-hybridized carbons (Fsp3) is 0.333. The van der Waals surface area contributed by atoms with Gasteiger partial charge in [0.25, 0.3) is 0 Å². The molecule has 0 bridgehead atoms. The molecule has 20 heavy (non-hydrogen) atoms. The average Bonchev–Trinajstić information content (AvgIpc) is 2.49. The number of aryl methyl sites for hydroxylation is 1. The zero-order chi connectivity index (χ0) is 14.4. The molecule has 1 atom stereocenters. The van der Waals surface area contributed by atoms with Crippen molar-refractivity contribution in [1.82, 2.24) is 5.32 Å². The van der Waals surface area contributed by atoms with Gasteiger partial charge in [0.05, 0.1) is 0 Å². The summed E-state index contributed by atoms with van der Waals surface area (Å²) >= 11 is 0. The second kappa shape index (κ2) is 7.11. The molecule has 0 spiro atoms. The van der Waals surface area contributed by atoms with Crippen LogP contribution in [0.4, 0.5) is 5.69 Å². The number of nitrogens with zero attached hydrogens (tertiary/aromatic N) is 1. The summed E-state index contributed by atoms with van der Waals surface area (Å²) in [6.45, 7) is 0. The van der Waals surface area contributed by atoms with E-state index in [0.29, 0.717) is 6.04 Å². The molecule has 0 aromatic heterocycles. The Bertz CT molecular complexity index is 520. The first-order valence-corrected chi connectivity index (χ1v) is 7.19. The van der Waals surface area contributed by atoms with Crippen molar-refractivity contribution in [1.29, 1.82) is 0 Å². The van der Waals surface area contributed by atoms with Crippen LogP contribution >= 0.6 is 0 Å². The maximum Gasteiger partial charge on any atom is 0.0364 e. The van der Waals surface area contributed by atoms with Crippen LogP contribution in [0.1, 0.15) is 23.6 Å². The molecule has 0 saturated heterocycles. The lowest BCUT2D eigenvalue weighted by atomic mass is 9.98. The molecule has 2 nitrogen and oxygen atoms in total. The number of rotatable bonds is 6. The molecule has 0 radical (unpaired) electrons. The van der Waals surface area contributed by atoms with Gasteiger partial charge in [-0.2, -0.15) is 0 Å². The van der Waals surface area contributed by atoms with Crippen LogP contribution in [0.25, 0.3) is 0 Å². The van der Waals surface area contributed by atoms with Crippen LogP contribution in [0.3, 0.4) is 0 Å². The Kier molecular flexibility index (Phi) is 5.19. The van der Waals surface area contributed by atoms with Crippen molar-refractivity contribution in [2.75, 3.05) is 26.0 Å². The van der Waals surface area contributed by atoms with E-state index in [1.165, 1.54) is 16.8 Å². The summed E-state index contributed by atoms with van der Waals surface area (Å²) in [4.78, 5) is 2.15. The third-order valence-electron chi connectivity index (χ3n) is 3.70. The van der Waals surface area contributed by atoms with Gasteiger partial charge in [-0.1, -0.05) is 42.5 Å². The number of anilines is 1. The van der Waals surface area contributed by atoms with Gasteiger partial charge >= 0.3 is 0 Å². The van der Waals surface area contributed by atoms with Crippen LogP contribution in [0.2, 0.25) is 0 Å². The van der Waals surface area contributed by atoms with Crippen LogP contribution in [0.15, 0.2) is 54.6 Å². The molecule has 0 heterocycles. The van der Waals surface area contributed by atoms with Gasteiger partial charge in [0.2, 0.25) is 0 Å². The van der Waals surface area contributed by atoms with E-state index in [2.05, 4.69) is 78.9 Å². The topological polar surface area (TPSA) is 15.3 Å². The predicted octanol–water partition coefficient (Wildman–Crippen LogP) is 3.65. The lowest BCUT2D eigenvalue weighted by Crippen LogP contribution is -2.18. The second-order valence-corrected chi connectivity index (χ2v) is 5.35. The molecule has 0 amide bonds. The van der Waals surface area contributed by atoms with Gasteiger partial charge in [-0.05, 0) is 43.1 Å². The van der Waals surface area contributed by atoms with E-state index < -0.39 is 0 Å². The fourth-order valence-corrected chi connectivity index (χ4v) is 2.45. The normalized spacial score (nSPS) is 12.2. The van der Waals surface area contributed by atoms with Crippen LogP contribution in [0.5, 0.6) is 0 Å². The highest BCUT2D eigenvalue weighted by atomic mass is 15.1. The molecule has 2 rings (SSSR count). The van der Waals surface area contributed by atoms with Crippen molar-refractivity contribution in [2.45, 2.75) is 18.9 Å². The standard InChI is InChI=1S/C18H24N2/c1-19-18(13-12-15-8-5-4-6-9-15)16-10-7-11-17(14-16)20(2)3/h4-11,14,18-19H,12-13H2,1-3H3. The van der Waals surface area contributed by atoms with Gasteiger partial charge < -0.3 is 10.2 Å². The van der Waals surface area contributed by atoms with E-state index in [9.17, 15) is 0 Å². The molecule has 1 N–H and O–H groups in total. The first-order chi connectivity index (χ1) is 9.70. The smallest absolute Gasteiger partial charge is 0.0364 e. The predicted molar refractivity (Wildman–Crippen MR) is 87.3 cm³/mol. The summed E-state index contributed by atoms with van der Waals surface area (Å²) in [5.41, 5.74) is 4.01. The first-order valence-electron chi connectivity index (χ1n) is 7.19. The number of hydrogen-bond acceptors (Lipinski definition) is 2. The van der Waals surface area contributed by atoms with Gasteiger partial charge in [-0.3, -0.25) is 0 Å². The molecule has 2 aromatic carbocycles. The highest BCUT2D eigenvalue weighted by molar-refractivity contribution is 5.47. The number of nitrogens with one attached hydrogen (secondary N) is 1. The molecule has 0 aliphatic rings. The van der Waals surface area contributed by atoms with Crippen LogP contribution in [-0.2, 0) is 6.42 Å². The first kappa shape index (κ1) is 14.6. The maximum absolute atomic E-state index is 3.44. The average molecular weight is 268 g/mol. The van der Waals surface area contributed by atoms with E-state index in [4.69, 9.17) is 0 Å². The number of benzene rings is 2. The van der Waals surface area contributed by atoms with E-state index >= 15 is 0 Å². The third kappa shape index (κ3) is 3.84. The van der Waals surface area contributed by atoms with Crippen molar-refractivity contribution in [2.24, 2.45) is 0 Å². The minimum Gasteiger partial charge on any atom is -0.378 e. The summed E-state index contributed by atoms with van der Waals surface area (Å²) in [6.07, 6.45) is 2.20. The third-order valence-corrected chi connectivity index (χ3v) is 3.70. The molecule has 1 unspecified atom stereocenters. The van der Waals surface area contributed by atoms with E-state index in [-0.39, 0.29) is 0 Å². The molecule has 0 aliphatic heterocycles. The summed E-state index contributed by atoms with van der Waals surface area (Å²) in [5, 5.41) is 3.44. The van der Waals surface area contributed by atoms with Gasteiger partial charge in [0, 0.05) is 25.8 Å².